The molecule has 0 amide bonds. The van der Waals surface area contributed by atoms with Crippen LogP contribution in [0, 0.1) is 23.3 Å². The third-order valence-electron chi connectivity index (χ3n) is 7.88. The lowest BCUT2D eigenvalue weighted by Gasteiger charge is -2.31. The average Bonchev–Trinajstić information content (AvgIpc) is 3.10. The monoisotopic (exact) mass is 457 g/mol. The van der Waals surface area contributed by atoms with Crippen LogP contribution in [0.5, 0.6) is 5.75 Å². The number of H-pyrrole nitrogens is 1. The zero-order chi connectivity index (χ0) is 23.3. The zero-order valence-electron chi connectivity index (χ0n) is 19.8. The molecule has 2 heterocycles. The van der Waals surface area contributed by atoms with Crippen LogP contribution < -0.4 is 4.74 Å². The summed E-state index contributed by atoms with van der Waals surface area (Å²) in [5, 5.41) is 21.5. The SMILES string of the molecule is N#CN1CCc2c([nH]c3ccccc23)C[C@@H](Oc2ccccc2)CC[C@@H]2CC[C@@H](O)CC[C@H]2C1. The molecular formula is C29H35N3O2. The average molecular weight is 458 g/mol. The van der Waals surface area contributed by atoms with E-state index in [9.17, 15) is 10.4 Å². The zero-order valence-corrected chi connectivity index (χ0v) is 19.8. The van der Waals surface area contributed by atoms with Crippen molar-refractivity contribution in [2.75, 3.05) is 13.1 Å². The minimum absolute atomic E-state index is 0.0783. The first-order valence-corrected chi connectivity index (χ1v) is 12.8. The van der Waals surface area contributed by atoms with E-state index >= 15 is 0 Å². The molecule has 1 aliphatic carbocycles. The summed E-state index contributed by atoms with van der Waals surface area (Å²) in [6, 6.07) is 18.6. The summed E-state index contributed by atoms with van der Waals surface area (Å²) in [7, 11) is 0. The van der Waals surface area contributed by atoms with Gasteiger partial charge in [0, 0.05) is 36.1 Å². The Morgan fingerprint density at radius 3 is 2.47 bits per heavy atom. The Bertz CT molecular complexity index is 1120. The van der Waals surface area contributed by atoms with Crippen molar-refractivity contribution < 1.29 is 9.84 Å². The van der Waals surface area contributed by atoms with Crippen molar-refractivity contribution in [3.8, 4) is 11.9 Å². The first kappa shape index (κ1) is 22.8. The number of nitriles is 1. The van der Waals surface area contributed by atoms with Crippen molar-refractivity contribution >= 4 is 10.9 Å². The number of nitrogens with zero attached hydrogens (tertiary/aromatic N) is 2. The van der Waals surface area contributed by atoms with Crippen LogP contribution in [0.15, 0.2) is 54.6 Å². The molecule has 1 saturated carbocycles. The number of hydrogen-bond donors (Lipinski definition) is 2. The second-order valence-corrected chi connectivity index (χ2v) is 10.1. The van der Waals surface area contributed by atoms with Gasteiger partial charge < -0.3 is 19.7 Å². The third kappa shape index (κ3) is 5.23. The van der Waals surface area contributed by atoms with E-state index in [-0.39, 0.29) is 12.2 Å². The van der Waals surface area contributed by atoms with Gasteiger partial charge in [0.2, 0.25) is 0 Å². The molecule has 1 aromatic heterocycles. The largest absolute Gasteiger partial charge is 0.490 e. The van der Waals surface area contributed by atoms with Gasteiger partial charge in [-0.1, -0.05) is 36.4 Å². The molecule has 2 N–H and O–H groups in total. The maximum Gasteiger partial charge on any atom is 0.179 e. The normalized spacial score (nSPS) is 26.3. The molecule has 1 fully saturated rings. The molecule has 178 valence electrons. The highest BCUT2D eigenvalue weighted by atomic mass is 16.5. The summed E-state index contributed by atoms with van der Waals surface area (Å²) < 4.78 is 6.55. The van der Waals surface area contributed by atoms with Gasteiger partial charge in [0.05, 0.1) is 6.10 Å². The second kappa shape index (κ2) is 10.5. The van der Waals surface area contributed by atoms with Gasteiger partial charge >= 0.3 is 0 Å². The van der Waals surface area contributed by atoms with Crippen LogP contribution in [0.1, 0.15) is 49.8 Å². The molecule has 0 unspecified atom stereocenters. The van der Waals surface area contributed by atoms with Gasteiger partial charge in [-0.25, -0.2) is 0 Å². The maximum absolute atomic E-state index is 10.3. The molecule has 0 spiro atoms. The van der Waals surface area contributed by atoms with Crippen molar-refractivity contribution in [1.82, 2.24) is 9.88 Å². The lowest BCUT2D eigenvalue weighted by molar-refractivity contribution is 0.153. The molecular weight excluding hydrogens is 422 g/mol. The van der Waals surface area contributed by atoms with Crippen LogP contribution in [0.2, 0.25) is 0 Å². The summed E-state index contributed by atoms with van der Waals surface area (Å²) in [5.41, 5.74) is 3.70. The van der Waals surface area contributed by atoms with Gasteiger partial charge in [-0.3, -0.25) is 0 Å². The van der Waals surface area contributed by atoms with E-state index in [0.29, 0.717) is 11.8 Å². The Labute approximate surface area is 202 Å². The van der Waals surface area contributed by atoms with Crippen LogP contribution in [-0.2, 0) is 12.8 Å². The van der Waals surface area contributed by atoms with Crippen LogP contribution in [0.3, 0.4) is 0 Å². The molecule has 4 atom stereocenters. The minimum Gasteiger partial charge on any atom is -0.490 e. The third-order valence-corrected chi connectivity index (χ3v) is 7.88. The van der Waals surface area contributed by atoms with Crippen molar-refractivity contribution in [3.63, 3.8) is 0 Å². The molecule has 5 nitrogen and oxygen atoms in total. The van der Waals surface area contributed by atoms with Crippen molar-refractivity contribution in [2.24, 2.45) is 11.8 Å². The van der Waals surface area contributed by atoms with Crippen LogP contribution in [0.4, 0.5) is 0 Å². The van der Waals surface area contributed by atoms with Crippen molar-refractivity contribution in [3.05, 3.63) is 65.9 Å². The molecule has 2 aromatic carbocycles. The van der Waals surface area contributed by atoms with Crippen LogP contribution in [-0.4, -0.2) is 40.3 Å². The Morgan fingerprint density at radius 2 is 1.65 bits per heavy atom. The number of rotatable bonds is 2. The highest BCUT2D eigenvalue weighted by Gasteiger charge is 2.30. The summed E-state index contributed by atoms with van der Waals surface area (Å²) in [6.07, 6.45) is 9.76. The quantitative estimate of drug-likeness (QED) is 0.502. The molecule has 34 heavy (non-hydrogen) atoms. The van der Waals surface area contributed by atoms with Crippen molar-refractivity contribution in [1.29, 1.82) is 5.26 Å². The van der Waals surface area contributed by atoms with E-state index in [0.717, 1.165) is 75.7 Å². The number of hydrogen-bond acceptors (Lipinski definition) is 4. The Hall–Kier alpha value is -2.97. The lowest BCUT2D eigenvalue weighted by Crippen LogP contribution is -2.32. The second-order valence-electron chi connectivity index (χ2n) is 10.1. The molecule has 1 aliphatic heterocycles. The summed E-state index contributed by atoms with van der Waals surface area (Å²) in [6.45, 7) is 1.51. The predicted octanol–water partition coefficient (Wildman–Crippen LogP) is 5.44. The number of nitrogens with one attached hydrogen (secondary N) is 1. The van der Waals surface area contributed by atoms with Crippen LogP contribution in [0.25, 0.3) is 10.9 Å². The molecule has 5 rings (SSSR count). The summed E-state index contributed by atoms with van der Waals surface area (Å²) in [5.74, 6) is 1.87. The fraction of sp³-hybridized carbons (Fsp3) is 0.483. The van der Waals surface area contributed by atoms with Gasteiger partial charge in [-0.15, -0.1) is 0 Å². The summed E-state index contributed by atoms with van der Waals surface area (Å²) >= 11 is 0. The van der Waals surface area contributed by atoms with Gasteiger partial charge in [-0.2, -0.15) is 5.26 Å². The summed E-state index contributed by atoms with van der Waals surface area (Å²) in [4.78, 5) is 5.63. The fourth-order valence-corrected chi connectivity index (χ4v) is 6.00. The van der Waals surface area contributed by atoms with Crippen molar-refractivity contribution in [2.45, 2.75) is 63.6 Å². The molecule has 5 heteroatoms. The van der Waals surface area contributed by atoms with Gasteiger partial charge in [0.15, 0.2) is 6.19 Å². The molecule has 0 saturated heterocycles. The Balaban J connectivity index is 1.48. The first-order chi connectivity index (χ1) is 16.7. The highest BCUT2D eigenvalue weighted by molar-refractivity contribution is 5.84. The van der Waals surface area contributed by atoms with E-state index in [2.05, 4.69) is 35.4 Å². The number of aliphatic hydroxyl groups excluding tert-OH is 1. The Kier molecular flexibility index (Phi) is 7.06. The van der Waals surface area contributed by atoms with E-state index < -0.39 is 0 Å². The number of benzene rings is 2. The molecule has 0 bridgehead atoms. The first-order valence-electron chi connectivity index (χ1n) is 12.8. The van der Waals surface area contributed by atoms with E-state index in [1.807, 2.05) is 35.2 Å². The minimum atomic E-state index is -0.207. The van der Waals surface area contributed by atoms with E-state index in [1.54, 1.807) is 0 Å². The van der Waals surface area contributed by atoms with Gasteiger partial charge in [0.1, 0.15) is 11.9 Å². The molecule has 2 aliphatic rings. The highest BCUT2D eigenvalue weighted by Crippen LogP contribution is 2.35. The van der Waals surface area contributed by atoms with Gasteiger partial charge in [0.25, 0.3) is 0 Å². The number of aromatic amines is 1. The smallest absolute Gasteiger partial charge is 0.179 e. The van der Waals surface area contributed by atoms with E-state index in [4.69, 9.17) is 4.74 Å². The number of ether oxygens (including phenoxy) is 1. The molecule has 3 aromatic rings. The molecule has 0 radical (unpaired) electrons. The predicted molar refractivity (Wildman–Crippen MR) is 134 cm³/mol. The number of aliphatic hydroxyl groups is 1. The van der Waals surface area contributed by atoms with E-state index in [1.165, 1.54) is 16.6 Å². The fourth-order valence-electron chi connectivity index (χ4n) is 6.00. The topological polar surface area (TPSA) is 72.3 Å². The maximum atomic E-state index is 10.3. The van der Waals surface area contributed by atoms with Gasteiger partial charge in [-0.05, 0) is 80.5 Å². The van der Waals surface area contributed by atoms with Crippen LogP contribution >= 0.6 is 0 Å². The standard InChI is InChI=1S/C29H35N3O2/c30-20-32-17-16-27-26-8-4-5-9-28(26)31-29(27)18-25(34-24-6-2-1-3-7-24)15-12-21-10-13-23(33)14-11-22(21)19-32/h1-9,21-23,25,31,33H,10-19H2/t21-,22-,23+,25-/m0/s1. The number of fused-ring (bicyclic) bond motifs is 4. The number of aromatic nitrogens is 1. The number of para-hydroxylation sites is 2. The lowest BCUT2D eigenvalue weighted by atomic mass is 9.82. The Morgan fingerprint density at radius 1 is 0.912 bits per heavy atom.